The SMILES string of the molecule is Cc1cc(-c2ccccc2C#N)ccc1OCc1c(C2CC2)cccc1-n1nnn(C)c1=O. The van der Waals surface area contributed by atoms with Gasteiger partial charge in [-0.05, 0) is 82.6 Å². The van der Waals surface area contributed by atoms with Gasteiger partial charge in [0.15, 0.2) is 0 Å². The number of nitriles is 1. The molecule has 1 aliphatic carbocycles. The van der Waals surface area contributed by atoms with Crippen LogP contribution in [0.5, 0.6) is 5.75 Å². The number of aromatic nitrogens is 4. The highest BCUT2D eigenvalue weighted by Gasteiger charge is 2.28. The standard InChI is InChI=1S/C26H23N5O2/c1-17-14-19(21-7-4-3-6-20(21)15-27)12-13-25(17)33-16-23-22(18-10-11-18)8-5-9-24(23)31-26(32)30(2)28-29-31/h3-9,12-14,18H,10-11,16H2,1-2H3. The van der Waals surface area contributed by atoms with Crippen molar-refractivity contribution in [2.45, 2.75) is 32.3 Å². The monoisotopic (exact) mass is 437 g/mol. The van der Waals surface area contributed by atoms with Gasteiger partial charge in [-0.25, -0.2) is 4.79 Å². The topological polar surface area (TPSA) is 85.7 Å². The molecule has 1 fully saturated rings. The molecule has 1 saturated carbocycles. The lowest BCUT2D eigenvalue weighted by Crippen LogP contribution is -2.23. The van der Waals surface area contributed by atoms with Gasteiger partial charge >= 0.3 is 5.69 Å². The molecular weight excluding hydrogens is 414 g/mol. The van der Waals surface area contributed by atoms with E-state index < -0.39 is 0 Å². The molecule has 7 nitrogen and oxygen atoms in total. The van der Waals surface area contributed by atoms with Crippen molar-refractivity contribution in [2.24, 2.45) is 7.05 Å². The maximum Gasteiger partial charge on any atom is 0.368 e. The van der Waals surface area contributed by atoms with E-state index in [0.717, 1.165) is 40.8 Å². The van der Waals surface area contributed by atoms with Crippen molar-refractivity contribution in [3.8, 4) is 28.6 Å². The Balaban J connectivity index is 1.47. The summed E-state index contributed by atoms with van der Waals surface area (Å²) in [5.41, 5.74) is 6.06. The smallest absolute Gasteiger partial charge is 0.368 e. The van der Waals surface area contributed by atoms with E-state index in [4.69, 9.17) is 4.74 Å². The van der Waals surface area contributed by atoms with Crippen molar-refractivity contribution in [3.05, 3.63) is 93.4 Å². The molecule has 1 aliphatic rings. The Hall–Kier alpha value is -4.18. The molecule has 0 radical (unpaired) electrons. The van der Waals surface area contributed by atoms with E-state index in [2.05, 4.69) is 22.6 Å². The zero-order valence-corrected chi connectivity index (χ0v) is 18.5. The summed E-state index contributed by atoms with van der Waals surface area (Å²) in [6.07, 6.45) is 2.27. The molecule has 7 heteroatoms. The van der Waals surface area contributed by atoms with Crippen LogP contribution < -0.4 is 10.4 Å². The predicted molar refractivity (Wildman–Crippen MR) is 124 cm³/mol. The molecule has 0 atom stereocenters. The van der Waals surface area contributed by atoms with E-state index in [9.17, 15) is 10.1 Å². The Bertz CT molecular complexity index is 1440. The quantitative estimate of drug-likeness (QED) is 0.450. The van der Waals surface area contributed by atoms with E-state index in [0.29, 0.717) is 23.8 Å². The highest BCUT2D eigenvalue weighted by atomic mass is 16.5. The lowest BCUT2D eigenvalue weighted by atomic mass is 9.98. The highest BCUT2D eigenvalue weighted by Crippen LogP contribution is 2.43. The van der Waals surface area contributed by atoms with E-state index in [1.54, 1.807) is 7.05 Å². The van der Waals surface area contributed by atoms with Crippen LogP contribution in [0.25, 0.3) is 16.8 Å². The molecule has 5 rings (SSSR count). The van der Waals surface area contributed by atoms with Gasteiger partial charge in [0.25, 0.3) is 0 Å². The summed E-state index contributed by atoms with van der Waals surface area (Å²) >= 11 is 0. The number of aryl methyl sites for hydroxylation is 2. The third kappa shape index (κ3) is 3.92. The van der Waals surface area contributed by atoms with Crippen LogP contribution in [0.15, 0.2) is 65.5 Å². The second-order valence-corrected chi connectivity index (χ2v) is 8.34. The van der Waals surface area contributed by atoms with Crippen LogP contribution in [0.1, 0.15) is 41.0 Å². The number of rotatable bonds is 6. The minimum absolute atomic E-state index is 0.291. The molecule has 1 heterocycles. The molecule has 0 amide bonds. The summed E-state index contributed by atoms with van der Waals surface area (Å²) in [6, 6.07) is 21.7. The molecule has 33 heavy (non-hydrogen) atoms. The second kappa shape index (κ2) is 8.40. The van der Waals surface area contributed by atoms with Gasteiger partial charge in [-0.1, -0.05) is 36.4 Å². The van der Waals surface area contributed by atoms with Gasteiger partial charge in [-0.3, -0.25) is 0 Å². The first-order valence-electron chi connectivity index (χ1n) is 10.9. The van der Waals surface area contributed by atoms with Gasteiger partial charge in [0.1, 0.15) is 12.4 Å². The summed E-state index contributed by atoms with van der Waals surface area (Å²) in [7, 11) is 1.59. The van der Waals surface area contributed by atoms with Gasteiger partial charge < -0.3 is 4.74 Å². The largest absolute Gasteiger partial charge is 0.489 e. The first kappa shape index (κ1) is 20.7. The third-order valence-electron chi connectivity index (χ3n) is 6.06. The van der Waals surface area contributed by atoms with Crippen LogP contribution in [-0.4, -0.2) is 19.8 Å². The maximum atomic E-state index is 12.5. The summed E-state index contributed by atoms with van der Waals surface area (Å²) in [4.78, 5) is 12.5. The number of hydrogen-bond donors (Lipinski definition) is 0. The van der Waals surface area contributed by atoms with Gasteiger partial charge in [0, 0.05) is 12.6 Å². The van der Waals surface area contributed by atoms with Crippen LogP contribution in [-0.2, 0) is 13.7 Å². The zero-order valence-electron chi connectivity index (χ0n) is 18.5. The fraction of sp³-hybridized carbons (Fsp3) is 0.231. The highest BCUT2D eigenvalue weighted by molar-refractivity contribution is 5.71. The van der Waals surface area contributed by atoms with Crippen molar-refractivity contribution in [1.29, 1.82) is 5.26 Å². The van der Waals surface area contributed by atoms with Crippen molar-refractivity contribution in [3.63, 3.8) is 0 Å². The van der Waals surface area contributed by atoms with E-state index in [1.165, 1.54) is 14.9 Å². The first-order chi connectivity index (χ1) is 16.1. The molecular formula is C26H23N5O2. The second-order valence-electron chi connectivity index (χ2n) is 8.34. The molecule has 0 saturated heterocycles. The van der Waals surface area contributed by atoms with Gasteiger partial charge in [0.05, 0.1) is 17.3 Å². The third-order valence-corrected chi connectivity index (χ3v) is 6.06. The van der Waals surface area contributed by atoms with Crippen molar-refractivity contribution in [2.75, 3.05) is 0 Å². The first-order valence-corrected chi connectivity index (χ1v) is 10.9. The van der Waals surface area contributed by atoms with E-state index in [-0.39, 0.29) is 5.69 Å². The van der Waals surface area contributed by atoms with Crippen LogP contribution in [0, 0.1) is 18.3 Å². The molecule has 164 valence electrons. The van der Waals surface area contributed by atoms with E-state index >= 15 is 0 Å². The molecule has 0 N–H and O–H groups in total. The van der Waals surface area contributed by atoms with Crippen molar-refractivity contribution in [1.82, 2.24) is 19.8 Å². The summed E-state index contributed by atoms with van der Waals surface area (Å²) in [5.74, 6) is 1.25. The fourth-order valence-corrected chi connectivity index (χ4v) is 4.15. The maximum absolute atomic E-state index is 12.5. The number of hydrogen-bond acceptors (Lipinski definition) is 5. The van der Waals surface area contributed by atoms with Crippen LogP contribution in [0.3, 0.4) is 0 Å². The zero-order chi connectivity index (χ0) is 22.9. The average Bonchev–Trinajstić information content (AvgIpc) is 3.63. The van der Waals surface area contributed by atoms with Crippen LogP contribution in [0.4, 0.5) is 0 Å². The number of tetrazole rings is 1. The Morgan fingerprint density at radius 2 is 1.91 bits per heavy atom. The molecule has 3 aromatic carbocycles. The van der Waals surface area contributed by atoms with Gasteiger partial charge in [0.2, 0.25) is 0 Å². The minimum atomic E-state index is -0.291. The Morgan fingerprint density at radius 1 is 1.09 bits per heavy atom. The number of nitrogens with zero attached hydrogens (tertiary/aromatic N) is 5. The molecule has 0 aliphatic heterocycles. The molecule has 1 aromatic heterocycles. The summed E-state index contributed by atoms with van der Waals surface area (Å²) in [5, 5.41) is 17.3. The van der Waals surface area contributed by atoms with E-state index in [1.807, 2.05) is 61.5 Å². The van der Waals surface area contributed by atoms with Crippen LogP contribution >= 0.6 is 0 Å². The Labute approximate surface area is 191 Å². The summed E-state index contributed by atoms with van der Waals surface area (Å²) in [6.45, 7) is 2.31. The normalized spacial score (nSPS) is 13.0. The minimum Gasteiger partial charge on any atom is -0.489 e. The lowest BCUT2D eigenvalue weighted by Gasteiger charge is -2.16. The molecule has 0 unspecified atom stereocenters. The molecule has 0 spiro atoms. The average molecular weight is 438 g/mol. The predicted octanol–water partition coefficient (Wildman–Crippen LogP) is 4.27. The van der Waals surface area contributed by atoms with Gasteiger partial charge in [-0.15, -0.1) is 0 Å². The van der Waals surface area contributed by atoms with Gasteiger partial charge in [-0.2, -0.15) is 14.6 Å². The fourth-order valence-electron chi connectivity index (χ4n) is 4.15. The number of ether oxygens (including phenoxy) is 1. The van der Waals surface area contributed by atoms with Crippen molar-refractivity contribution < 1.29 is 4.74 Å². The Morgan fingerprint density at radius 3 is 2.61 bits per heavy atom. The summed E-state index contributed by atoms with van der Waals surface area (Å²) < 4.78 is 8.81. The molecule has 4 aromatic rings. The van der Waals surface area contributed by atoms with Crippen molar-refractivity contribution >= 4 is 0 Å². The molecule has 0 bridgehead atoms. The number of benzene rings is 3. The van der Waals surface area contributed by atoms with Crippen LogP contribution in [0.2, 0.25) is 0 Å². The Kier molecular flexibility index (Phi) is 5.27. The lowest BCUT2D eigenvalue weighted by molar-refractivity contribution is 0.302.